The molecule has 0 aliphatic carbocycles. The Labute approximate surface area is 151 Å². The van der Waals surface area contributed by atoms with Crippen molar-refractivity contribution < 1.29 is 13.2 Å². The van der Waals surface area contributed by atoms with Crippen LogP contribution in [0.5, 0.6) is 0 Å². The van der Waals surface area contributed by atoms with Crippen LogP contribution in [0, 0.1) is 5.92 Å². The van der Waals surface area contributed by atoms with Gasteiger partial charge in [-0.2, -0.15) is 4.31 Å². The Morgan fingerprint density at radius 3 is 2.72 bits per heavy atom. The first kappa shape index (κ1) is 18.8. The molecule has 0 radical (unpaired) electrons. The standard InChI is InChI=1S/C18H29N3O3S/c1-3-10-25(22,23)21-14-18(15-21)11-17(6-9-20(18)2)13-24-12-16-4-7-19-8-5-16/h4-5,7-8,17H,3,6,9-15H2,1-2H3. The molecule has 6 nitrogen and oxygen atoms in total. The number of likely N-dealkylation sites (N-methyl/N-ethyl adjacent to an activating group) is 1. The molecule has 0 saturated carbocycles. The van der Waals surface area contributed by atoms with E-state index in [0.29, 0.717) is 32.0 Å². The van der Waals surface area contributed by atoms with Crippen LogP contribution in [0.15, 0.2) is 24.5 Å². The van der Waals surface area contributed by atoms with E-state index in [1.807, 2.05) is 19.1 Å². The maximum absolute atomic E-state index is 12.2. The molecule has 0 bridgehead atoms. The van der Waals surface area contributed by atoms with Gasteiger partial charge in [0.15, 0.2) is 0 Å². The molecule has 2 aliphatic heterocycles. The average Bonchev–Trinajstić information content (AvgIpc) is 2.55. The zero-order valence-corrected chi connectivity index (χ0v) is 16.0. The van der Waals surface area contributed by atoms with Gasteiger partial charge in [0.2, 0.25) is 10.0 Å². The van der Waals surface area contributed by atoms with Crippen LogP contribution in [-0.4, -0.2) is 67.2 Å². The van der Waals surface area contributed by atoms with Gasteiger partial charge in [0.1, 0.15) is 0 Å². The Hall–Kier alpha value is -1.02. The molecule has 0 N–H and O–H groups in total. The van der Waals surface area contributed by atoms with Gasteiger partial charge in [-0.05, 0) is 56.5 Å². The fourth-order valence-corrected chi connectivity index (χ4v) is 5.59. The van der Waals surface area contributed by atoms with E-state index in [4.69, 9.17) is 4.74 Å². The average molecular weight is 368 g/mol. The van der Waals surface area contributed by atoms with Gasteiger partial charge >= 0.3 is 0 Å². The molecule has 0 aromatic carbocycles. The van der Waals surface area contributed by atoms with Crippen molar-refractivity contribution in [2.45, 2.75) is 38.3 Å². The lowest BCUT2D eigenvalue weighted by atomic mass is 9.77. The summed E-state index contributed by atoms with van der Waals surface area (Å²) in [6, 6.07) is 3.94. The van der Waals surface area contributed by atoms with Crippen molar-refractivity contribution in [2.75, 3.05) is 39.0 Å². The van der Waals surface area contributed by atoms with E-state index >= 15 is 0 Å². The van der Waals surface area contributed by atoms with Gasteiger partial charge in [0, 0.05) is 37.6 Å². The second kappa shape index (κ2) is 7.70. The predicted octanol–water partition coefficient (Wildman–Crippen LogP) is 1.73. The minimum absolute atomic E-state index is 0.00373. The van der Waals surface area contributed by atoms with Crippen LogP contribution in [0.25, 0.3) is 0 Å². The zero-order valence-electron chi connectivity index (χ0n) is 15.2. The Bertz CT molecular complexity index is 659. The molecule has 1 spiro atoms. The molecule has 2 saturated heterocycles. The number of sulfonamides is 1. The highest BCUT2D eigenvalue weighted by Gasteiger charge is 2.52. The monoisotopic (exact) mass is 367 g/mol. The van der Waals surface area contributed by atoms with Crippen LogP contribution >= 0.6 is 0 Å². The van der Waals surface area contributed by atoms with Gasteiger partial charge in [-0.25, -0.2) is 8.42 Å². The first-order chi connectivity index (χ1) is 12.0. The molecule has 3 rings (SSSR count). The number of ether oxygens (including phenoxy) is 1. The maximum atomic E-state index is 12.2. The van der Waals surface area contributed by atoms with Crippen molar-refractivity contribution in [1.82, 2.24) is 14.2 Å². The highest BCUT2D eigenvalue weighted by molar-refractivity contribution is 7.89. The number of likely N-dealkylation sites (tertiary alicyclic amines) is 1. The largest absolute Gasteiger partial charge is 0.376 e. The van der Waals surface area contributed by atoms with Gasteiger partial charge in [-0.15, -0.1) is 0 Å². The molecule has 1 atom stereocenters. The van der Waals surface area contributed by atoms with Crippen LogP contribution in [0.1, 0.15) is 31.7 Å². The van der Waals surface area contributed by atoms with Crippen LogP contribution < -0.4 is 0 Å². The van der Waals surface area contributed by atoms with Gasteiger partial charge in [0.25, 0.3) is 0 Å². The summed E-state index contributed by atoms with van der Waals surface area (Å²) in [4.78, 5) is 6.37. The summed E-state index contributed by atoms with van der Waals surface area (Å²) < 4.78 is 32.0. The van der Waals surface area contributed by atoms with Gasteiger partial charge < -0.3 is 4.74 Å². The number of aromatic nitrogens is 1. The maximum Gasteiger partial charge on any atom is 0.214 e. The molecular weight excluding hydrogens is 338 g/mol. The second-order valence-corrected chi connectivity index (χ2v) is 9.55. The van der Waals surface area contributed by atoms with Crippen molar-refractivity contribution >= 4 is 10.0 Å². The van der Waals surface area contributed by atoms with Crippen molar-refractivity contribution in [1.29, 1.82) is 0 Å². The Morgan fingerprint density at radius 1 is 1.32 bits per heavy atom. The van der Waals surface area contributed by atoms with E-state index in [-0.39, 0.29) is 11.3 Å². The highest BCUT2D eigenvalue weighted by Crippen LogP contribution is 2.39. The third-order valence-electron chi connectivity index (χ3n) is 5.52. The number of nitrogens with zero attached hydrogens (tertiary/aromatic N) is 3. The van der Waals surface area contributed by atoms with E-state index in [2.05, 4.69) is 16.9 Å². The van der Waals surface area contributed by atoms with Gasteiger partial charge in [-0.1, -0.05) is 6.92 Å². The number of hydrogen-bond acceptors (Lipinski definition) is 5. The van der Waals surface area contributed by atoms with E-state index in [0.717, 1.165) is 31.6 Å². The van der Waals surface area contributed by atoms with Crippen molar-refractivity contribution in [3.8, 4) is 0 Å². The lowest BCUT2D eigenvalue weighted by Crippen LogP contribution is -2.72. The van der Waals surface area contributed by atoms with Crippen LogP contribution in [0.4, 0.5) is 0 Å². The van der Waals surface area contributed by atoms with Crippen LogP contribution in [-0.2, 0) is 21.4 Å². The van der Waals surface area contributed by atoms with Crippen LogP contribution in [0.2, 0.25) is 0 Å². The molecule has 1 aromatic heterocycles. The predicted molar refractivity (Wildman–Crippen MR) is 97.6 cm³/mol. The fourth-order valence-electron chi connectivity index (χ4n) is 3.94. The Balaban J connectivity index is 1.51. The third-order valence-corrected chi connectivity index (χ3v) is 7.49. The van der Waals surface area contributed by atoms with E-state index < -0.39 is 10.0 Å². The van der Waals surface area contributed by atoms with Gasteiger partial charge in [-0.3, -0.25) is 9.88 Å². The van der Waals surface area contributed by atoms with E-state index in [9.17, 15) is 8.42 Å². The molecule has 3 heterocycles. The summed E-state index contributed by atoms with van der Waals surface area (Å²) in [7, 11) is -0.951. The third kappa shape index (κ3) is 4.22. The smallest absolute Gasteiger partial charge is 0.214 e. The summed E-state index contributed by atoms with van der Waals surface area (Å²) in [5.74, 6) is 0.750. The molecule has 2 fully saturated rings. The summed E-state index contributed by atoms with van der Waals surface area (Å²) in [5, 5.41) is 0. The molecule has 140 valence electrons. The lowest BCUT2D eigenvalue weighted by Gasteiger charge is -2.57. The van der Waals surface area contributed by atoms with Gasteiger partial charge in [0.05, 0.1) is 12.4 Å². The second-order valence-electron chi connectivity index (χ2n) is 7.46. The molecule has 7 heteroatoms. The van der Waals surface area contributed by atoms with Crippen molar-refractivity contribution in [2.24, 2.45) is 5.92 Å². The minimum atomic E-state index is -3.07. The fraction of sp³-hybridized carbons (Fsp3) is 0.722. The van der Waals surface area contributed by atoms with Crippen LogP contribution in [0.3, 0.4) is 0 Å². The first-order valence-electron chi connectivity index (χ1n) is 9.11. The number of piperidine rings is 1. The number of hydrogen-bond donors (Lipinski definition) is 0. The molecule has 0 amide bonds. The number of pyridine rings is 1. The zero-order chi connectivity index (χ0) is 17.9. The van der Waals surface area contributed by atoms with Crippen molar-refractivity contribution in [3.63, 3.8) is 0 Å². The normalized spacial score (nSPS) is 24.3. The number of rotatable bonds is 7. The first-order valence-corrected chi connectivity index (χ1v) is 10.7. The summed E-state index contributed by atoms with van der Waals surface area (Å²) >= 11 is 0. The molecule has 2 aliphatic rings. The summed E-state index contributed by atoms with van der Waals surface area (Å²) in [6.45, 7) is 5.53. The topological polar surface area (TPSA) is 62.7 Å². The Kier molecular flexibility index (Phi) is 5.78. The van der Waals surface area contributed by atoms with E-state index in [1.165, 1.54) is 0 Å². The Morgan fingerprint density at radius 2 is 2.04 bits per heavy atom. The molecule has 1 unspecified atom stereocenters. The highest BCUT2D eigenvalue weighted by atomic mass is 32.2. The van der Waals surface area contributed by atoms with E-state index in [1.54, 1.807) is 16.7 Å². The minimum Gasteiger partial charge on any atom is -0.376 e. The summed E-state index contributed by atoms with van der Waals surface area (Å²) in [5.41, 5.74) is 1.14. The SMILES string of the molecule is CCCS(=O)(=O)N1CC2(CC(COCc3ccncc3)CCN2C)C1. The lowest BCUT2D eigenvalue weighted by molar-refractivity contribution is -0.0600. The molecular formula is C18H29N3O3S. The molecule has 25 heavy (non-hydrogen) atoms. The van der Waals surface area contributed by atoms with Crippen molar-refractivity contribution in [3.05, 3.63) is 30.1 Å². The summed E-state index contributed by atoms with van der Waals surface area (Å²) in [6.07, 6.45) is 6.35. The molecule has 1 aromatic rings. The quantitative estimate of drug-likeness (QED) is 0.734.